The Hall–Kier alpha value is -2.53. The summed E-state index contributed by atoms with van der Waals surface area (Å²) in [5.41, 5.74) is -5.43. The van der Waals surface area contributed by atoms with Crippen LogP contribution < -0.4 is 4.90 Å². The van der Waals surface area contributed by atoms with Crippen molar-refractivity contribution < 1.29 is 35.1 Å². The predicted molar refractivity (Wildman–Crippen MR) is 74.4 cm³/mol. The first-order valence-electron chi connectivity index (χ1n) is 6.79. The van der Waals surface area contributed by atoms with Gasteiger partial charge in [0, 0.05) is 25.3 Å². The lowest BCUT2D eigenvalue weighted by Crippen LogP contribution is -2.51. The Morgan fingerprint density at radius 1 is 0.769 bits per heavy atom. The van der Waals surface area contributed by atoms with Gasteiger partial charge in [-0.15, -0.1) is 0 Å². The van der Waals surface area contributed by atoms with Crippen molar-refractivity contribution in [2.75, 3.05) is 19.0 Å². The van der Waals surface area contributed by atoms with E-state index in [2.05, 4.69) is 15.0 Å². The molecule has 2 rings (SSSR count). The van der Waals surface area contributed by atoms with Crippen LogP contribution >= 0.6 is 0 Å². The summed E-state index contributed by atoms with van der Waals surface area (Å²) in [7, 11) is 3.36. The molecule has 0 atom stereocenters. The average molecular weight is 386 g/mol. The second-order valence-electron chi connectivity index (χ2n) is 5.35. The molecule has 1 aromatic heterocycles. The normalized spacial score (nSPS) is 13.0. The molecule has 0 fully saturated rings. The lowest BCUT2D eigenvalue weighted by Gasteiger charge is -2.28. The number of hydrogen-bond donors (Lipinski definition) is 0. The molecule has 0 aliphatic heterocycles. The van der Waals surface area contributed by atoms with E-state index < -0.39 is 35.7 Å². The molecule has 0 unspecified atom stereocenters. The number of alkyl halides is 7. The number of benzene rings is 1. The zero-order chi connectivity index (χ0) is 19.9. The highest BCUT2D eigenvalue weighted by Gasteiger charge is 2.76. The lowest BCUT2D eigenvalue weighted by molar-refractivity contribution is -0.351. The van der Waals surface area contributed by atoms with Gasteiger partial charge in [0.15, 0.2) is 11.6 Å². The van der Waals surface area contributed by atoms with Crippen LogP contribution in [0, 0.1) is 6.08 Å². The van der Waals surface area contributed by atoms with Crippen molar-refractivity contribution in [3.63, 3.8) is 0 Å². The van der Waals surface area contributed by atoms with E-state index in [0.29, 0.717) is 5.69 Å². The first kappa shape index (κ1) is 19.8. The molecule has 12 heteroatoms. The summed E-state index contributed by atoms with van der Waals surface area (Å²) < 4.78 is 104. The van der Waals surface area contributed by atoms with Crippen LogP contribution in [0.2, 0.25) is 0 Å². The number of nitrogens with zero attached hydrogens (tertiary/aromatic N) is 4. The molecule has 0 amide bonds. The SMILES string of the molecule is CN(C)c1ccc(-c2nc(F)nc(C(F)(C(F)(F)F)C(F)(F)F)n2)cc1. The topological polar surface area (TPSA) is 41.9 Å². The minimum Gasteiger partial charge on any atom is -0.378 e. The van der Waals surface area contributed by atoms with Gasteiger partial charge >= 0.3 is 24.1 Å². The first-order chi connectivity index (χ1) is 11.8. The Morgan fingerprint density at radius 2 is 1.27 bits per heavy atom. The maximum atomic E-state index is 14.0. The smallest absolute Gasteiger partial charge is 0.378 e. The highest BCUT2D eigenvalue weighted by atomic mass is 19.4. The number of rotatable bonds is 3. The molecule has 2 aromatic rings. The van der Waals surface area contributed by atoms with Gasteiger partial charge in [0.1, 0.15) is 0 Å². The molecule has 4 nitrogen and oxygen atoms in total. The standard InChI is InChI=1S/C14H10F8N4/c1-26(2)8-5-3-7(4-6-8)9-23-10(25-11(15)24-9)12(16,13(17,18)19)14(20,21)22/h3-6H,1-2H3. The quantitative estimate of drug-likeness (QED) is 0.747. The van der Waals surface area contributed by atoms with Crippen LogP contribution in [0.15, 0.2) is 24.3 Å². The zero-order valence-electron chi connectivity index (χ0n) is 13.1. The molecule has 0 N–H and O–H groups in total. The highest BCUT2D eigenvalue weighted by molar-refractivity contribution is 5.60. The van der Waals surface area contributed by atoms with Crippen LogP contribution in [0.25, 0.3) is 11.4 Å². The molecule has 0 aliphatic rings. The fraction of sp³-hybridized carbons (Fsp3) is 0.357. The molecule has 1 heterocycles. The summed E-state index contributed by atoms with van der Waals surface area (Å²) in [5.74, 6) is -3.29. The molecule has 0 spiro atoms. The second kappa shape index (κ2) is 6.32. The van der Waals surface area contributed by atoms with E-state index >= 15 is 0 Å². The van der Waals surface area contributed by atoms with Crippen LogP contribution in [0.3, 0.4) is 0 Å². The van der Waals surface area contributed by atoms with Crippen molar-refractivity contribution in [3.8, 4) is 11.4 Å². The summed E-state index contributed by atoms with van der Waals surface area (Å²) in [4.78, 5) is 9.90. The monoisotopic (exact) mass is 386 g/mol. The molecule has 0 saturated carbocycles. The Morgan fingerprint density at radius 3 is 1.69 bits per heavy atom. The second-order valence-corrected chi connectivity index (χ2v) is 5.35. The fourth-order valence-corrected chi connectivity index (χ4v) is 1.96. The number of aromatic nitrogens is 3. The zero-order valence-corrected chi connectivity index (χ0v) is 13.1. The van der Waals surface area contributed by atoms with Crippen LogP contribution in [0.5, 0.6) is 0 Å². The molecule has 1 aromatic carbocycles. The van der Waals surface area contributed by atoms with Gasteiger partial charge in [0.05, 0.1) is 0 Å². The van der Waals surface area contributed by atoms with E-state index in [4.69, 9.17) is 0 Å². The van der Waals surface area contributed by atoms with E-state index in [0.717, 1.165) is 0 Å². The van der Waals surface area contributed by atoms with Crippen molar-refractivity contribution >= 4 is 5.69 Å². The summed E-state index contributed by atoms with van der Waals surface area (Å²) >= 11 is 0. The van der Waals surface area contributed by atoms with Crippen LogP contribution in [-0.4, -0.2) is 41.4 Å². The number of anilines is 1. The van der Waals surface area contributed by atoms with E-state index in [1.807, 2.05) is 0 Å². The van der Waals surface area contributed by atoms with E-state index in [-0.39, 0.29) is 5.56 Å². The highest BCUT2D eigenvalue weighted by Crippen LogP contribution is 2.52. The minimum atomic E-state index is -6.45. The first-order valence-corrected chi connectivity index (χ1v) is 6.79. The molecule has 0 bridgehead atoms. The van der Waals surface area contributed by atoms with Crippen molar-refractivity contribution in [1.82, 2.24) is 15.0 Å². The summed E-state index contributed by atoms with van der Waals surface area (Å²) in [6.45, 7) is 0. The van der Waals surface area contributed by atoms with Crippen LogP contribution in [0.4, 0.5) is 40.8 Å². The molecular formula is C14H10F8N4. The third-order valence-corrected chi connectivity index (χ3v) is 3.34. The van der Waals surface area contributed by atoms with Crippen molar-refractivity contribution in [3.05, 3.63) is 36.2 Å². The fourth-order valence-electron chi connectivity index (χ4n) is 1.96. The Labute approximate surface area is 141 Å². The van der Waals surface area contributed by atoms with E-state index in [1.165, 1.54) is 24.3 Å². The van der Waals surface area contributed by atoms with E-state index in [9.17, 15) is 35.1 Å². The molecule has 0 aliphatic carbocycles. The van der Waals surface area contributed by atoms with Crippen LogP contribution in [0.1, 0.15) is 5.82 Å². The van der Waals surface area contributed by atoms with Gasteiger partial charge in [-0.1, -0.05) is 0 Å². The number of hydrogen-bond acceptors (Lipinski definition) is 4. The van der Waals surface area contributed by atoms with Gasteiger partial charge in [-0.05, 0) is 24.3 Å². The molecular weight excluding hydrogens is 376 g/mol. The Kier molecular flexibility index (Phi) is 4.81. The van der Waals surface area contributed by atoms with Crippen LogP contribution in [-0.2, 0) is 5.67 Å². The maximum absolute atomic E-state index is 14.0. The third kappa shape index (κ3) is 3.40. The van der Waals surface area contributed by atoms with Crippen molar-refractivity contribution in [2.24, 2.45) is 0 Å². The predicted octanol–water partition coefficient (Wildman–Crippen LogP) is 4.03. The Balaban J connectivity index is 2.63. The Bertz CT molecular complexity index is 769. The largest absolute Gasteiger partial charge is 0.439 e. The lowest BCUT2D eigenvalue weighted by atomic mass is 10.0. The van der Waals surface area contributed by atoms with Gasteiger partial charge in [-0.25, -0.2) is 9.37 Å². The third-order valence-electron chi connectivity index (χ3n) is 3.34. The molecule has 142 valence electrons. The van der Waals surface area contributed by atoms with Gasteiger partial charge in [0.25, 0.3) is 0 Å². The summed E-state index contributed by atoms with van der Waals surface area (Å²) in [6, 6.07) is 5.34. The minimum absolute atomic E-state index is 0.121. The summed E-state index contributed by atoms with van der Waals surface area (Å²) in [5, 5.41) is 0. The van der Waals surface area contributed by atoms with E-state index in [1.54, 1.807) is 19.0 Å². The molecule has 0 radical (unpaired) electrons. The molecule has 26 heavy (non-hydrogen) atoms. The number of halogens is 8. The summed E-state index contributed by atoms with van der Waals surface area (Å²) in [6.07, 6.45) is -14.9. The maximum Gasteiger partial charge on any atom is 0.439 e. The van der Waals surface area contributed by atoms with Gasteiger partial charge in [0.2, 0.25) is 0 Å². The van der Waals surface area contributed by atoms with Gasteiger partial charge < -0.3 is 4.90 Å². The van der Waals surface area contributed by atoms with Crippen molar-refractivity contribution in [2.45, 2.75) is 18.0 Å². The van der Waals surface area contributed by atoms with Gasteiger partial charge in [-0.2, -0.15) is 40.7 Å². The van der Waals surface area contributed by atoms with Gasteiger partial charge in [-0.3, -0.25) is 0 Å². The average Bonchev–Trinajstić information content (AvgIpc) is 2.51. The van der Waals surface area contributed by atoms with Crippen molar-refractivity contribution in [1.29, 1.82) is 0 Å². The molecule has 0 saturated heterocycles.